The number of thioether (sulfide) groups is 1. The van der Waals surface area contributed by atoms with Crippen LogP contribution in [0.5, 0.6) is 11.5 Å². The van der Waals surface area contributed by atoms with Gasteiger partial charge in [0.15, 0.2) is 11.0 Å². The molecule has 0 bridgehead atoms. The van der Waals surface area contributed by atoms with Crippen LogP contribution in [-0.4, -0.2) is 63.7 Å². The predicted molar refractivity (Wildman–Crippen MR) is 126 cm³/mol. The number of para-hydroxylation sites is 1. The number of morpholine rings is 1. The Kier molecular flexibility index (Phi) is 7.69. The first-order chi connectivity index (χ1) is 16.4. The number of nitrogens with zero attached hydrogens (tertiary/aromatic N) is 4. The number of hydrogen-bond acceptors (Lipinski definition) is 7. The molecule has 8 nitrogen and oxygen atoms in total. The summed E-state index contributed by atoms with van der Waals surface area (Å²) in [5, 5.41) is 8.88. The minimum absolute atomic E-state index is 0.0125. The number of carbonyl (C=O) groups is 1. The molecule has 0 N–H and O–H groups in total. The third-order valence-electron chi connectivity index (χ3n) is 5.32. The quantitative estimate of drug-likeness (QED) is 0.449. The number of benzene rings is 2. The van der Waals surface area contributed by atoms with Gasteiger partial charge >= 0.3 is 0 Å². The first kappa shape index (κ1) is 24.0. The third-order valence-corrected chi connectivity index (χ3v) is 6.23. The van der Waals surface area contributed by atoms with E-state index < -0.39 is 5.82 Å². The normalized spacial score (nSPS) is 18.1. The predicted octanol–water partition coefficient (Wildman–Crippen LogP) is 3.72. The minimum Gasteiger partial charge on any atom is -0.497 e. The molecule has 2 aromatic carbocycles. The molecule has 4 rings (SSSR count). The minimum atomic E-state index is -0.419. The average Bonchev–Trinajstić information content (AvgIpc) is 3.23. The molecule has 34 heavy (non-hydrogen) atoms. The standard InChI is InChI=1S/C24H27FN4O4S/c1-16-12-28(13-17(2)33-16)23(30)15-34-24-27-26-22(29(24)21-7-5-4-6-20(21)25)14-32-19-10-8-18(31-3)9-11-19/h4-11,16-17H,12-15H2,1-3H3/t16-,17+. The van der Waals surface area contributed by atoms with Gasteiger partial charge in [0.05, 0.1) is 30.8 Å². The molecule has 3 aromatic rings. The van der Waals surface area contributed by atoms with Crippen molar-refractivity contribution in [2.75, 3.05) is 26.0 Å². The number of rotatable bonds is 8. The van der Waals surface area contributed by atoms with Crippen molar-refractivity contribution in [3.05, 3.63) is 60.2 Å². The molecule has 1 amide bonds. The van der Waals surface area contributed by atoms with E-state index in [1.54, 1.807) is 59.0 Å². The highest BCUT2D eigenvalue weighted by molar-refractivity contribution is 7.99. The molecule has 0 spiro atoms. The van der Waals surface area contributed by atoms with Gasteiger partial charge in [0.1, 0.15) is 23.9 Å². The fourth-order valence-electron chi connectivity index (χ4n) is 3.78. The molecule has 180 valence electrons. The smallest absolute Gasteiger partial charge is 0.233 e. The van der Waals surface area contributed by atoms with Gasteiger partial charge in [0.25, 0.3) is 0 Å². The van der Waals surface area contributed by atoms with Gasteiger partial charge in [0, 0.05) is 13.1 Å². The number of hydrogen-bond donors (Lipinski definition) is 0. The van der Waals surface area contributed by atoms with Crippen LogP contribution in [-0.2, 0) is 16.1 Å². The number of carbonyl (C=O) groups excluding carboxylic acids is 1. The van der Waals surface area contributed by atoms with Gasteiger partial charge in [-0.3, -0.25) is 9.36 Å². The maximum absolute atomic E-state index is 14.7. The van der Waals surface area contributed by atoms with Gasteiger partial charge < -0.3 is 19.1 Å². The molecule has 0 unspecified atom stereocenters. The van der Waals surface area contributed by atoms with E-state index in [0.29, 0.717) is 41.3 Å². The van der Waals surface area contributed by atoms with Gasteiger partial charge in [-0.05, 0) is 50.2 Å². The van der Waals surface area contributed by atoms with Crippen molar-refractivity contribution in [3.63, 3.8) is 0 Å². The molecule has 1 saturated heterocycles. The van der Waals surface area contributed by atoms with Crippen LogP contribution in [0.3, 0.4) is 0 Å². The highest BCUT2D eigenvalue weighted by Gasteiger charge is 2.26. The van der Waals surface area contributed by atoms with Crippen molar-refractivity contribution in [1.29, 1.82) is 0 Å². The number of methoxy groups -OCH3 is 1. The van der Waals surface area contributed by atoms with Crippen LogP contribution in [0.4, 0.5) is 4.39 Å². The van der Waals surface area contributed by atoms with E-state index in [0.717, 1.165) is 0 Å². The van der Waals surface area contributed by atoms with Gasteiger partial charge in [-0.15, -0.1) is 10.2 Å². The molecule has 2 atom stereocenters. The fourth-order valence-corrected chi connectivity index (χ4v) is 4.65. The summed E-state index contributed by atoms with van der Waals surface area (Å²) in [5.74, 6) is 1.47. The first-order valence-corrected chi connectivity index (χ1v) is 11.9. The summed E-state index contributed by atoms with van der Waals surface area (Å²) in [4.78, 5) is 14.6. The number of aromatic nitrogens is 3. The fraction of sp³-hybridized carbons (Fsp3) is 0.375. The van der Waals surface area contributed by atoms with Crippen molar-refractivity contribution >= 4 is 17.7 Å². The Hall–Kier alpha value is -3.11. The molecular weight excluding hydrogens is 459 g/mol. The maximum atomic E-state index is 14.7. The highest BCUT2D eigenvalue weighted by Crippen LogP contribution is 2.26. The highest BCUT2D eigenvalue weighted by atomic mass is 32.2. The van der Waals surface area contributed by atoms with Crippen molar-refractivity contribution in [3.8, 4) is 17.2 Å². The second-order valence-corrected chi connectivity index (χ2v) is 8.94. The lowest BCUT2D eigenvalue weighted by molar-refractivity contribution is -0.140. The Labute approximate surface area is 202 Å². The summed E-state index contributed by atoms with van der Waals surface area (Å²) in [6.45, 7) is 5.07. The van der Waals surface area contributed by atoms with Crippen molar-refractivity contribution in [1.82, 2.24) is 19.7 Å². The van der Waals surface area contributed by atoms with E-state index in [1.807, 2.05) is 13.8 Å². The molecule has 0 saturated carbocycles. The molecule has 10 heteroatoms. The molecule has 0 aliphatic carbocycles. The Morgan fingerprint density at radius 1 is 1.09 bits per heavy atom. The summed E-state index contributed by atoms with van der Waals surface area (Å²) in [5.41, 5.74) is 0.296. The van der Waals surface area contributed by atoms with Gasteiger partial charge in [-0.25, -0.2) is 4.39 Å². The lowest BCUT2D eigenvalue weighted by atomic mass is 10.2. The maximum Gasteiger partial charge on any atom is 0.233 e. The summed E-state index contributed by atoms with van der Waals surface area (Å²) >= 11 is 1.22. The van der Waals surface area contributed by atoms with Gasteiger partial charge in [-0.2, -0.15) is 0 Å². The molecule has 1 aliphatic heterocycles. The van der Waals surface area contributed by atoms with E-state index >= 15 is 0 Å². The molecule has 1 aliphatic rings. The SMILES string of the molecule is COc1ccc(OCc2nnc(SCC(=O)N3C[C@@H](C)O[C@@H](C)C3)n2-c2ccccc2F)cc1. The van der Waals surface area contributed by atoms with E-state index in [1.165, 1.54) is 17.8 Å². The summed E-state index contributed by atoms with van der Waals surface area (Å²) < 4.78 is 33.0. The van der Waals surface area contributed by atoms with Crippen LogP contribution in [0.25, 0.3) is 5.69 Å². The summed E-state index contributed by atoms with van der Waals surface area (Å²) in [6.07, 6.45) is -0.0250. The molecule has 2 heterocycles. The lowest BCUT2D eigenvalue weighted by Gasteiger charge is -2.35. The van der Waals surface area contributed by atoms with Gasteiger partial charge in [0.2, 0.25) is 5.91 Å². The number of ether oxygens (including phenoxy) is 3. The van der Waals surface area contributed by atoms with Crippen LogP contribution in [0.15, 0.2) is 53.7 Å². The van der Waals surface area contributed by atoms with Crippen molar-refractivity contribution in [2.45, 2.75) is 37.8 Å². The molecule has 1 aromatic heterocycles. The lowest BCUT2D eigenvalue weighted by Crippen LogP contribution is -2.48. The molecule has 0 radical (unpaired) electrons. The van der Waals surface area contributed by atoms with Crippen LogP contribution in [0, 0.1) is 5.82 Å². The van der Waals surface area contributed by atoms with Crippen molar-refractivity contribution in [2.24, 2.45) is 0 Å². The summed E-state index contributed by atoms with van der Waals surface area (Å²) in [7, 11) is 1.59. The number of amides is 1. The van der Waals surface area contributed by atoms with Crippen LogP contribution in [0.2, 0.25) is 0 Å². The summed E-state index contributed by atoms with van der Waals surface area (Å²) in [6, 6.07) is 13.5. The first-order valence-electron chi connectivity index (χ1n) is 11.0. The zero-order valence-electron chi connectivity index (χ0n) is 19.3. The Bertz CT molecular complexity index is 1110. The topological polar surface area (TPSA) is 78.7 Å². The second-order valence-electron chi connectivity index (χ2n) is 7.99. The Morgan fingerprint density at radius 2 is 1.76 bits per heavy atom. The average molecular weight is 487 g/mol. The molecule has 1 fully saturated rings. The van der Waals surface area contributed by atoms with E-state index in [-0.39, 0.29) is 30.5 Å². The van der Waals surface area contributed by atoms with E-state index in [4.69, 9.17) is 14.2 Å². The molecular formula is C24H27FN4O4S. The van der Waals surface area contributed by atoms with Crippen LogP contribution >= 0.6 is 11.8 Å². The van der Waals surface area contributed by atoms with E-state index in [2.05, 4.69) is 10.2 Å². The second kappa shape index (κ2) is 10.9. The monoisotopic (exact) mass is 486 g/mol. The van der Waals surface area contributed by atoms with Crippen molar-refractivity contribution < 1.29 is 23.4 Å². The van der Waals surface area contributed by atoms with Crippen LogP contribution in [0.1, 0.15) is 19.7 Å². The zero-order chi connectivity index (χ0) is 24.1. The Balaban J connectivity index is 1.52. The Morgan fingerprint density at radius 3 is 2.44 bits per heavy atom. The third kappa shape index (κ3) is 5.68. The van der Waals surface area contributed by atoms with E-state index in [9.17, 15) is 9.18 Å². The van der Waals surface area contributed by atoms with Crippen LogP contribution < -0.4 is 9.47 Å². The zero-order valence-corrected chi connectivity index (χ0v) is 20.1. The van der Waals surface area contributed by atoms with Gasteiger partial charge in [-0.1, -0.05) is 23.9 Å². The largest absolute Gasteiger partial charge is 0.497 e. The number of halogens is 1.